The third-order valence-electron chi connectivity index (χ3n) is 8.80. The monoisotopic (exact) mass is 837 g/mol. The molecule has 6 nitrogen and oxygen atoms in total. The van der Waals surface area contributed by atoms with Crippen LogP contribution >= 0.6 is 0 Å². The predicted octanol–water partition coefficient (Wildman–Crippen LogP) is 15.1. The van der Waals surface area contributed by atoms with Crippen molar-refractivity contribution in [3.05, 3.63) is 158 Å². The molecule has 61 heavy (non-hydrogen) atoms. The summed E-state index contributed by atoms with van der Waals surface area (Å²) < 4.78 is 16.5. The van der Waals surface area contributed by atoms with Gasteiger partial charge in [0.05, 0.1) is 6.42 Å². The molecule has 0 aromatic carbocycles. The third kappa shape index (κ3) is 46.0. The maximum absolute atomic E-state index is 12.7. The number of carbonyl (C=O) groups is 3. The number of ether oxygens (including phenoxy) is 3. The first-order valence-electron chi connectivity index (χ1n) is 23.1. The molecule has 6 heteroatoms. The maximum atomic E-state index is 12.7. The molecule has 0 saturated heterocycles. The third-order valence-corrected chi connectivity index (χ3v) is 8.80. The summed E-state index contributed by atoms with van der Waals surface area (Å²) in [5, 5.41) is 0. The minimum absolute atomic E-state index is 0.115. The highest BCUT2D eigenvalue weighted by Gasteiger charge is 2.19. The second-order valence-corrected chi connectivity index (χ2v) is 14.4. The van der Waals surface area contributed by atoms with Gasteiger partial charge in [0.15, 0.2) is 6.10 Å². The van der Waals surface area contributed by atoms with Crippen LogP contribution in [-0.4, -0.2) is 37.2 Å². The lowest BCUT2D eigenvalue weighted by Crippen LogP contribution is -2.30. The van der Waals surface area contributed by atoms with E-state index in [0.29, 0.717) is 6.42 Å². The van der Waals surface area contributed by atoms with Crippen molar-refractivity contribution < 1.29 is 28.6 Å². The molecule has 1 atom stereocenters. The van der Waals surface area contributed by atoms with E-state index in [9.17, 15) is 14.4 Å². The Bertz CT molecular complexity index is 1470. The molecule has 0 aliphatic carbocycles. The van der Waals surface area contributed by atoms with Crippen LogP contribution in [0.2, 0.25) is 0 Å². The van der Waals surface area contributed by atoms with Crippen LogP contribution in [0.15, 0.2) is 158 Å². The summed E-state index contributed by atoms with van der Waals surface area (Å²) in [5.74, 6) is -1.14. The van der Waals surface area contributed by atoms with Crippen LogP contribution in [0.5, 0.6) is 0 Å². The van der Waals surface area contributed by atoms with Crippen molar-refractivity contribution >= 4 is 17.9 Å². The van der Waals surface area contributed by atoms with Crippen LogP contribution in [-0.2, 0) is 28.6 Å². The highest BCUT2D eigenvalue weighted by atomic mass is 16.6. The quantitative estimate of drug-likeness (QED) is 0.0203. The van der Waals surface area contributed by atoms with Gasteiger partial charge in [0.2, 0.25) is 0 Å². The van der Waals surface area contributed by atoms with Crippen LogP contribution in [0.1, 0.15) is 149 Å². The molecule has 336 valence electrons. The van der Waals surface area contributed by atoms with E-state index >= 15 is 0 Å². The van der Waals surface area contributed by atoms with Crippen LogP contribution in [0.25, 0.3) is 0 Å². The molecular formula is C55H80O6. The van der Waals surface area contributed by atoms with E-state index in [4.69, 9.17) is 14.2 Å². The van der Waals surface area contributed by atoms with Gasteiger partial charge in [-0.1, -0.05) is 217 Å². The molecule has 0 aliphatic heterocycles. The average molecular weight is 837 g/mol. The Labute approximate surface area is 371 Å². The summed E-state index contributed by atoms with van der Waals surface area (Å²) in [4.78, 5) is 37.7. The number of carbonyl (C=O) groups excluding carboxylic acids is 3. The molecule has 0 fully saturated rings. The molecule has 0 N–H and O–H groups in total. The number of rotatable bonds is 38. The van der Waals surface area contributed by atoms with Crippen LogP contribution < -0.4 is 0 Å². The van der Waals surface area contributed by atoms with E-state index in [1.807, 2.05) is 79.0 Å². The maximum Gasteiger partial charge on any atom is 0.309 e. The fourth-order valence-corrected chi connectivity index (χ4v) is 5.42. The smallest absolute Gasteiger partial charge is 0.309 e. The summed E-state index contributed by atoms with van der Waals surface area (Å²) in [6.45, 7) is 6.05. The van der Waals surface area contributed by atoms with E-state index in [0.717, 1.165) is 83.5 Å². The average Bonchev–Trinajstić information content (AvgIpc) is 3.26. The van der Waals surface area contributed by atoms with Crippen molar-refractivity contribution in [3.8, 4) is 0 Å². The summed E-state index contributed by atoms with van der Waals surface area (Å²) >= 11 is 0. The first-order valence-corrected chi connectivity index (χ1v) is 23.1. The summed E-state index contributed by atoms with van der Waals surface area (Å²) in [7, 11) is 0. The second-order valence-electron chi connectivity index (χ2n) is 14.4. The van der Waals surface area contributed by atoms with Gasteiger partial charge in [-0.25, -0.2) is 0 Å². The van der Waals surface area contributed by atoms with Crippen LogP contribution in [0, 0.1) is 0 Å². The standard InChI is InChI=1S/C55H80O6/c1-4-7-10-13-16-19-21-23-25-26-27-28-30-31-33-36-39-42-45-48-54(57)60-51-52(50-59-53(56)47-44-41-38-35-18-15-12-9-6-3)61-55(58)49-46-43-40-37-34-32-29-24-22-20-17-14-11-8-5-2/h7-14,16-23,25-28,30-31,33,35,41,44,52H,4-6,15,24,29,32,34,36-40,42-43,45-51H2,1-3H3/b10-7-,11-8-,12-9-,16-13-,17-14-,21-19-,22-20-,25-23-,27-26+,30-28-,33-31-,35-18-,44-41-. The molecule has 0 bridgehead atoms. The van der Waals surface area contributed by atoms with Crippen molar-refractivity contribution in [2.75, 3.05) is 13.2 Å². The minimum atomic E-state index is -0.845. The normalized spacial score (nSPS) is 13.6. The first kappa shape index (κ1) is 56.0. The molecule has 0 heterocycles. The van der Waals surface area contributed by atoms with Gasteiger partial charge in [-0.05, 0) is 70.6 Å². The van der Waals surface area contributed by atoms with Crippen molar-refractivity contribution in [1.82, 2.24) is 0 Å². The van der Waals surface area contributed by atoms with Gasteiger partial charge >= 0.3 is 17.9 Å². The second kappa shape index (κ2) is 47.7. The first-order chi connectivity index (χ1) is 30.0. The van der Waals surface area contributed by atoms with Crippen molar-refractivity contribution in [2.24, 2.45) is 0 Å². The number of hydrogen-bond acceptors (Lipinski definition) is 6. The zero-order valence-electron chi connectivity index (χ0n) is 38.1. The topological polar surface area (TPSA) is 78.9 Å². The van der Waals surface area contributed by atoms with Crippen molar-refractivity contribution in [1.29, 1.82) is 0 Å². The molecule has 0 radical (unpaired) electrons. The van der Waals surface area contributed by atoms with E-state index in [2.05, 4.69) is 93.7 Å². The molecule has 0 rings (SSSR count). The van der Waals surface area contributed by atoms with E-state index in [1.54, 1.807) is 6.08 Å². The molecule has 0 aromatic rings. The van der Waals surface area contributed by atoms with Gasteiger partial charge in [0.1, 0.15) is 13.2 Å². The van der Waals surface area contributed by atoms with Gasteiger partial charge in [-0.3, -0.25) is 14.4 Å². The minimum Gasteiger partial charge on any atom is -0.462 e. The van der Waals surface area contributed by atoms with Gasteiger partial charge in [-0.2, -0.15) is 0 Å². The number of allylic oxidation sites excluding steroid dienone is 25. The fraction of sp³-hybridized carbons (Fsp3) is 0.473. The molecule has 0 spiro atoms. The lowest BCUT2D eigenvalue weighted by atomic mass is 10.1. The van der Waals surface area contributed by atoms with Crippen molar-refractivity contribution in [3.63, 3.8) is 0 Å². The van der Waals surface area contributed by atoms with Crippen LogP contribution in [0.3, 0.4) is 0 Å². The Morgan fingerprint density at radius 2 is 0.721 bits per heavy atom. The SMILES string of the molecule is CC\C=C/C=C\C=C/C=C\C=C\C=C/C=C\CCCCCC(=O)OCC(COC(=O)C/C=C\C/C=C\C/C=C\CC)OC(=O)CCCCCCCCC\C=C/C=C\C=C/CC. The highest BCUT2D eigenvalue weighted by Crippen LogP contribution is 2.12. The lowest BCUT2D eigenvalue weighted by molar-refractivity contribution is -0.166. The predicted molar refractivity (Wildman–Crippen MR) is 260 cm³/mol. The summed E-state index contributed by atoms with van der Waals surface area (Å²) in [6.07, 6.45) is 69.7. The Balaban J connectivity index is 4.57. The fourth-order valence-electron chi connectivity index (χ4n) is 5.42. The number of hydrogen-bond donors (Lipinski definition) is 0. The van der Waals surface area contributed by atoms with E-state index < -0.39 is 12.1 Å². The van der Waals surface area contributed by atoms with Gasteiger partial charge in [0, 0.05) is 12.8 Å². The molecular weight excluding hydrogens is 757 g/mol. The zero-order chi connectivity index (χ0) is 44.4. The van der Waals surface area contributed by atoms with Crippen LogP contribution in [0.4, 0.5) is 0 Å². The molecule has 0 amide bonds. The number of unbranched alkanes of at least 4 members (excludes halogenated alkanes) is 10. The van der Waals surface area contributed by atoms with Gasteiger partial charge in [-0.15, -0.1) is 0 Å². The largest absolute Gasteiger partial charge is 0.462 e. The van der Waals surface area contributed by atoms with E-state index in [1.165, 1.54) is 19.3 Å². The molecule has 0 aliphatic rings. The highest BCUT2D eigenvalue weighted by molar-refractivity contribution is 5.72. The summed E-state index contributed by atoms with van der Waals surface area (Å²) in [6, 6.07) is 0. The Kier molecular flexibility index (Phi) is 43.8. The Morgan fingerprint density at radius 3 is 1.21 bits per heavy atom. The van der Waals surface area contributed by atoms with Gasteiger partial charge < -0.3 is 14.2 Å². The molecule has 1 unspecified atom stereocenters. The lowest BCUT2D eigenvalue weighted by Gasteiger charge is -2.18. The molecule has 0 aromatic heterocycles. The summed E-state index contributed by atoms with van der Waals surface area (Å²) in [5.41, 5.74) is 0. The zero-order valence-corrected chi connectivity index (χ0v) is 38.1. The van der Waals surface area contributed by atoms with E-state index in [-0.39, 0.29) is 44.4 Å². The number of esters is 3. The van der Waals surface area contributed by atoms with Crippen molar-refractivity contribution in [2.45, 2.75) is 155 Å². The Hall–Kier alpha value is -4.97. The van der Waals surface area contributed by atoms with Gasteiger partial charge in [0.25, 0.3) is 0 Å². The Morgan fingerprint density at radius 1 is 0.361 bits per heavy atom. The molecule has 0 saturated carbocycles.